The van der Waals surface area contributed by atoms with E-state index >= 15 is 0 Å². The van der Waals surface area contributed by atoms with Gasteiger partial charge < -0.3 is 0 Å². The molecule has 0 fully saturated rings. The molecular weight excluding hydrogens is 192 g/mol. The summed E-state index contributed by atoms with van der Waals surface area (Å²) in [5, 5.41) is 0. The number of carbonyl (C=O) groups is 1. The second-order valence-corrected chi connectivity index (χ2v) is 5.77. The van der Waals surface area contributed by atoms with Crippen molar-refractivity contribution in [3.8, 4) is 0 Å². The molecule has 0 saturated carbocycles. The maximum atomic E-state index is 11.4. The molecule has 72 valence electrons. The van der Waals surface area contributed by atoms with Crippen LogP contribution in [0.5, 0.6) is 0 Å². The molecule has 12 heavy (non-hydrogen) atoms. The highest BCUT2D eigenvalue weighted by Gasteiger charge is 2.21. The summed E-state index contributed by atoms with van der Waals surface area (Å²) in [6.07, 6.45) is 0.489. The van der Waals surface area contributed by atoms with Gasteiger partial charge in [-0.05, 0) is 5.75 Å². The van der Waals surface area contributed by atoms with Crippen molar-refractivity contribution in [3.63, 3.8) is 0 Å². The van der Waals surface area contributed by atoms with E-state index in [1.807, 2.05) is 20.8 Å². The highest BCUT2D eigenvalue weighted by atomic mass is 32.2. The number of carbonyl (C=O) groups excluding carboxylic acids is 1. The second kappa shape index (κ2) is 6.66. The van der Waals surface area contributed by atoms with Gasteiger partial charge in [-0.1, -0.05) is 20.8 Å². The Hall–Kier alpha value is 0.170. The lowest BCUT2D eigenvalue weighted by molar-refractivity contribution is -0.116. The summed E-state index contributed by atoms with van der Waals surface area (Å²) < 4.78 is 11.1. The Labute approximate surface area is 81.0 Å². The van der Waals surface area contributed by atoms with E-state index < -0.39 is 10.8 Å². The summed E-state index contributed by atoms with van der Waals surface area (Å²) in [5.41, 5.74) is 0. The van der Waals surface area contributed by atoms with E-state index in [9.17, 15) is 9.00 Å². The van der Waals surface area contributed by atoms with Crippen molar-refractivity contribution >= 4 is 28.3 Å². The fourth-order valence-electron chi connectivity index (χ4n) is 0.785. The molecule has 2 atom stereocenters. The first-order valence-electron chi connectivity index (χ1n) is 4.18. The van der Waals surface area contributed by atoms with Crippen LogP contribution in [0.1, 0.15) is 27.2 Å². The minimum atomic E-state index is -0.981. The van der Waals surface area contributed by atoms with Crippen LogP contribution in [0.4, 0.5) is 0 Å². The smallest absolute Gasteiger partial charge is 0.158 e. The molecule has 0 heterocycles. The summed E-state index contributed by atoms with van der Waals surface area (Å²) in [4.78, 5) is 11.3. The van der Waals surface area contributed by atoms with Crippen molar-refractivity contribution in [1.29, 1.82) is 0 Å². The van der Waals surface area contributed by atoms with E-state index in [1.165, 1.54) is 11.8 Å². The normalized spacial score (nSPS) is 15.6. The fraction of sp³-hybridized carbons (Fsp3) is 0.875. The van der Waals surface area contributed by atoms with Gasteiger partial charge in [0.05, 0.1) is 0 Å². The molecule has 0 aromatic carbocycles. The fourth-order valence-corrected chi connectivity index (χ4v) is 3.63. The predicted molar refractivity (Wildman–Crippen MR) is 55.9 cm³/mol. The number of thioether (sulfide) groups is 1. The van der Waals surface area contributed by atoms with Crippen molar-refractivity contribution in [2.75, 3.05) is 11.5 Å². The zero-order valence-electron chi connectivity index (χ0n) is 7.83. The molecule has 0 saturated heterocycles. The topological polar surface area (TPSA) is 34.1 Å². The highest BCUT2D eigenvalue weighted by Crippen LogP contribution is 2.17. The van der Waals surface area contributed by atoms with Crippen LogP contribution < -0.4 is 0 Å². The van der Waals surface area contributed by atoms with Gasteiger partial charge >= 0.3 is 0 Å². The van der Waals surface area contributed by atoms with Gasteiger partial charge in [-0.2, -0.15) is 0 Å². The summed E-state index contributed by atoms with van der Waals surface area (Å²) >= 11 is 1.49. The number of rotatable bonds is 6. The van der Waals surface area contributed by atoms with Crippen LogP contribution in [-0.4, -0.2) is 26.1 Å². The molecule has 0 aliphatic rings. The molecule has 0 rings (SSSR count). The van der Waals surface area contributed by atoms with E-state index in [0.29, 0.717) is 12.2 Å². The average molecular weight is 208 g/mol. The van der Waals surface area contributed by atoms with Crippen LogP contribution in [0, 0.1) is 0 Å². The van der Waals surface area contributed by atoms with Crippen molar-refractivity contribution in [3.05, 3.63) is 0 Å². The SMILES string of the molecule is CCSC(C(=O)CC)S(=O)CC. The van der Waals surface area contributed by atoms with E-state index in [0.717, 1.165) is 5.75 Å². The van der Waals surface area contributed by atoms with Gasteiger partial charge in [-0.3, -0.25) is 9.00 Å². The standard InChI is InChI=1S/C8H16O2S2/c1-4-7(9)8(11-5-2)12(10)6-3/h8H,4-6H2,1-3H3. The van der Waals surface area contributed by atoms with Gasteiger partial charge in [-0.25, -0.2) is 0 Å². The minimum absolute atomic E-state index is 0.113. The second-order valence-electron chi connectivity index (χ2n) is 2.28. The Morgan fingerprint density at radius 1 is 1.42 bits per heavy atom. The van der Waals surface area contributed by atoms with Gasteiger partial charge in [0.25, 0.3) is 0 Å². The average Bonchev–Trinajstić information content (AvgIpc) is 2.11. The first-order valence-corrected chi connectivity index (χ1v) is 6.61. The Balaban J connectivity index is 4.21. The lowest BCUT2D eigenvalue weighted by Gasteiger charge is -2.11. The molecule has 2 unspecified atom stereocenters. The number of Topliss-reactive ketones (excluding diaryl/α,β-unsaturated/α-hetero) is 1. The minimum Gasteiger partial charge on any atom is -0.297 e. The molecule has 0 radical (unpaired) electrons. The Morgan fingerprint density at radius 3 is 2.33 bits per heavy atom. The van der Waals surface area contributed by atoms with Crippen LogP contribution in [0.3, 0.4) is 0 Å². The summed E-state index contributed by atoms with van der Waals surface area (Å²) in [5.74, 6) is 1.54. The molecule has 0 aromatic heterocycles. The maximum Gasteiger partial charge on any atom is 0.158 e. The van der Waals surface area contributed by atoms with Crippen molar-refractivity contribution in [1.82, 2.24) is 0 Å². The molecule has 0 bridgehead atoms. The molecule has 0 aliphatic carbocycles. The molecule has 2 nitrogen and oxygen atoms in total. The van der Waals surface area contributed by atoms with Gasteiger partial charge in [0.2, 0.25) is 0 Å². The molecule has 0 aliphatic heterocycles. The van der Waals surface area contributed by atoms with Crippen LogP contribution in [0.25, 0.3) is 0 Å². The lowest BCUT2D eigenvalue weighted by Crippen LogP contribution is -2.23. The molecule has 0 amide bonds. The monoisotopic (exact) mass is 208 g/mol. The Bertz CT molecular complexity index is 152. The summed E-state index contributed by atoms with van der Waals surface area (Å²) in [7, 11) is -0.981. The third kappa shape index (κ3) is 3.72. The third-order valence-electron chi connectivity index (χ3n) is 1.45. The van der Waals surface area contributed by atoms with E-state index in [1.54, 1.807) is 0 Å². The van der Waals surface area contributed by atoms with E-state index in [-0.39, 0.29) is 10.4 Å². The van der Waals surface area contributed by atoms with Crippen molar-refractivity contribution < 1.29 is 9.00 Å². The Kier molecular flexibility index (Phi) is 6.76. The van der Waals surface area contributed by atoms with Gasteiger partial charge in [0.1, 0.15) is 4.58 Å². The number of ketones is 1. The molecule has 0 N–H and O–H groups in total. The van der Waals surface area contributed by atoms with Crippen LogP contribution in [0.2, 0.25) is 0 Å². The number of hydrogen-bond acceptors (Lipinski definition) is 3. The van der Waals surface area contributed by atoms with Gasteiger partial charge in [0.15, 0.2) is 5.78 Å². The van der Waals surface area contributed by atoms with Crippen LogP contribution >= 0.6 is 11.8 Å². The summed E-state index contributed by atoms with van der Waals surface area (Å²) in [6.45, 7) is 5.65. The molecule has 0 aromatic rings. The van der Waals surface area contributed by atoms with Crippen LogP contribution in [-0.2, 0) is 15.6 Å². The largest absolute Gasteiger partial charge is 0.297 e. The molecule has 4 heteroatoms. The van der Waals surface area contributed by atoms with Gasteiger partial charge in [0, 0.05) is 23.0 Å². The highest BCUT2D eigenvalue weighted by molar-refractivity contribution is 8.12. The quantitative estimate of drug-likeness (QED) is 0.667. The van der Waals surface area contributed by atoms with E-state index in [4.69, 9.17) is 0 Å². The first-order chi connectivity index (χ1) is 5.67. The summed E-state index contributed by atoms with van der Waals surface area (Å²) in [6, 6.07) is 0. The van der Waals surface area contributed by atoms with Crippen LogP contribution in [0.15, 0.2) is 0 Å². The molecule has 0 spiro atoms. The third-order valence-corrected chi connectivity index (χ3v) is 4.71. The predicted octanol–water partition coefficient (Wildman–Crippen LogP) is 1.81. The zero-order chi connectivity index (χ0) is 9.56. The Morgan fingerprint density at radius 2 is 2.00 bits per heavy atom. The van der Waals surface area contributed by atoms with Gasteiger partial charge in [-0.15, -0.1) is 11.8 Å². The van der Waals surface area contributed by atoms with Crippen molar-refractivity contribution in [2.24, 2.45) is 0 Å². The van der Waals surface area contributed by atoms with E-state index in [2.05, 4.69) is 0 Å². The number of hydrogen-bond donors (Lipinski definition) is 0. The maximum absolute atomic E-state index is 11.4. The van der Waals surface area contributed by atoms with Crippen molar-refractivity contribution in [2.45, 2.75) is 31.8 Å². The lowest BCUT2D eigenvalue weighted by atomic mass is 10.3. The first kappa shape index (κ1) is 12.2. The zero-order valence-corrected chi connectivity index (χ0v) is 9.46. The molecular formula is C8H16O2S2.